The van der Waals surface area contributed by atoms with Crippen LogP contribution in [0.3, 0.4) is 0 Å². The highest BCUT2D eigenvalue weighted by Gasteiger charge is 2.23. The molecule has 1 aromatic heterocycles. The Morgan fingerprint density at radius 3 is 2.82 bits per heavy atom. The van der Waals surface area contributed by atoms with Crippen molar-refractivity contribution in [2.24, 2.45) is 5.73 Å². The molecule has 0 saturated carbocycles. The zero-order valence-corrected chi connectivity index (χ0v) is 7.75. The van der Waals surface area contributed by atoms with Crippen molar-refractivity contribution in [1.29, 1.82) is 0 Å². The second-order valence-electron chi connectivity index (χ2n) is 2.68. The van der Waals surface area contributed by atoms with E-state index >= 15 is 0 Å². The predicted molar refractivity (Wildman–Crippen MR) is 48.0 cm³/mol. The molecule has 0 aliphatic rings. The van der Waals surface area contributed by atoms with Gasteiger partial charge < -0.3 is 10.8 Å². The van der Waals surface area contributed by atoms with Gasteiger partial charge in [-0.2, -0.15) is 0 Å². The highest BCUT2D eigenvalue weighted by Crippen LogP contribution is 2.30. The number of nitrogens with two attached hydrogens (primary N) is 1. The van der Waals surface area contributed by atoms with Gasteiger partial charge in [0, 0.05) is 5.56 Å². The van der Waals surface area contributed by atoms with Crippen molar-refractivity contribution >= 4 is 22.9 Å². The summed E-state index contributed by atoms with van der Waals surface area (Å²) in [6, 6.07) is 1.84. The van der Waals surface area contributed by atoms with Crippen LogP contribution in [-0.4, -0.2) is 11.7 Å². The van der Waals surface area contributed by atoms with E-state index < -0.39 is 5.54 Å². The molecule has 0 aliphatic carbocycles. The van der Waals surface area contributed by atoms with Gasteiger partial charge in [0.25, 0.3) is 0 Å². The first-order chi connectivity index (χ1) is 5.08. The van der Waals surface area contributed by atoms with Gasteiger partial charge in [-0.1, -0.05) is 11.6 Å². The number of hydrogen-bond donors (Lipinski definition) is 2. The third kappa shape index (κ3) is 1.73. The van der Waals surface area contributed by atoms with Crippen LogP contribution in [0.15, 0.2) is 11.4 Å². The molecule has 0 bridgehead atoms. The molecule has 0 saturated heterocycles. The van der Waals surface area contributed by atoms with Crippen molar-refractivity contribution in [3.05, 3.63) is 21.3 Å². The number of hydrogen-bond acceptors (Lipinski definition) is 3. The fraction of sp³-hybridized carbons (Fsp3) is 0.429. The highest BCUT2D eigenvalue weighted by atomic mass is 35.5. The Balaban J connectivity index is 3.00. The molecule has 0 unspecified atom stereocenters. The monoisotopic (exact) mass is 191 g/mol. The van der Waals surface area contributed by atoms with Crippen LogP contribution in [0.1, 0.15) is 12.5 Å². The molecule has 0 aliphatic heterocycles. The molecular weight excluding hydrogens is 182 g/mol. The van der Waals surface area contributed by atoms with Crippen LogP contribution < -0.4 is 5.73 Å². The van der Waals surface area contributed by atoms with Gasteiger partial charge in [-0.05, 0) is 18.4 Å². The Bertz CT molecular complexity index is 246. The van der Waals surface area contributed by atoms with E-state index in [1.165, 1.54) is 11.3 Å². The summed E-state index contributed by atoms with van der Waals surface area (Å²) >= 11 is 7.25. The van der Waals surface area contributed by atoms with Crippen LogP contribution in [0.4, 0.5) is 0 Å². The third-order valence-corrected chi connectivity index (χ3v) is 2.73. The summed E-state index contributed by atoms with van der Waals surface area (Å²) in [5, 5.41) is 10.8. The molecule has 62 valence electrons. The van der Waals surface area contributed by atoms with Crippen LogP contribution in [0.25, 0.3) is 0 Å². The summed E-state index contributed by atoms with van der Waals surface area (Å²) in [5.74, 6) is 0. The van der Waals surface area contributed by atoms with Crippen LogP contribution in [-0.2, 0) is 5.54 Å². The maximum Gasteiger partial charge on any atom is 0.0979 e. The van der Waals surface area contributed by atoms with Crippen LogP contribution in [0.2, 0.25) is 4.34 Å². The topological polar surface area (TPSA) is 46.2 Å². The molecule has 1 rings (SSSR count). The fourth-order valence-corrected chi connectivity index (χ4v) is 1.98. The molecule has 0 aromatic carbocycles. The van der Waals surface area contributed by atoms with Crippen molar-refractivity contribution in [1.82, 2.24) is 0 Å². The maximum atomic E-state index is 8.91. The molecule has 1 heterocycles. The van der Waals surface area contributed by atoms with E-state index in [9.17, 15) is 0 Å². The van der Waals surface area contributed by atoms with Crippen LogP contribution >= 0.6 is 22.9 Å². The van der Waals surface area contributed by atoms with Gasteiger partial charge in [0.05, 0.1) is 16.5 Å². The normalized spacial score (nSPS) is 16.4. The average molecular weight is 192 g/mol. The molecule has 4 heteroatoms. The minimum absolute atomic E-state index is 0.0938. The van der Waals surface area contributed by atoms with E-state index in [1.807, 2.05) is 11.4 Å². The standard InChI is InChI=1S/C7H10ClNOS/c1-7(9,4-10)5-2-3-11-6(5)8/h2-3,10H,4,9H2,1H3/t7-/m1/s1. The molecule has 1 atom stereocenters. The largest absolute Gasteiger partial charge is 0.394 e. The molecule has 1 aromatic rings. The van der Waals surface area contributed by atoms with Gasteiger partial charge in [0.1, 0.15) is 0 Å². The SMILES string of the molecule is C[C@@](N)(CO)c1ccsc1Cl. The minimum Gasteiger partial charge on any atom is -0.394 e. The molecule has 3 N–H and O–H groups in total. The number of rotatable bonds is 2. The first-order valence-corrected chi connectivity index (χ1v) is 4.47. The van der Waals surface area contributed by atoms with Crippen LogP contribution in [0.5, 0.6) is 0 Å². The molecule has 2 nitrogen and oxygen atoms in total. The van der Waals surface area contributed by atoms with E-state index in [4.69, 9.17) is 22.4 Å². The number of aliphatic hydroxyl groups excluding tert-OH is 1. The lowest BCUT2D eigenvalue weighted by Gasteiger charge is -2.20. The molecule has 0 radical (unpaired) electrons. The van der Waals surface area contributed by atoms with Gasteiger partial charge >= 0.3 is 0 Å². The lowest BCUT2D eigenvalue weighted by atomic mass is 9.98. The molecule has 0 amide bonds. The fourth-order valence-electron chi connectivity index (χ4n) is 0.791. The highest BCUT2D eigenvalue weighted by molar-refractivity contribution is 7.14. The predicted octanol–water partition coefficient (Wildman–Crippen LogP) is 1.57. The smallest absolute Gasteiger partial charge is 0.0979 e. The molecule has 0 fully saturated rings. The molecular formula is C7H10ClNOS. The van der Waals surface area contributed by atoms with Gasteiger partial charge in [0.15, 0.2) is 0 Å². The third-order valence-electron chi connectivity index (χ3n) is 1.56. The number of halogens is 1. The van der Waals surface area contributed by atoms with Gasteiger partial charge in [-0.25, -0.2) is 0 Å². The van der Waals surface area contributed by atoms with E-state index in [0.717, 1.165) is 5.56 Å². The summed E-state index contributed by atoms with van der Waals surface area (Å²) in [6.45, 7) is 1.66. The summed E-state index contributed by atoms with van der Waals surface area (Å²) in [5.41, 5.74) is 5.86. The minimum atomic E-state index is -0.711. The van der Waals surface area contributed by atoms with Crippen molar-refractivity contribution < 1.29 is 5.11 Å². The van der Waals surface area contributed by atoms with Crippen molar-refractivity contribution in [2.75, 3.05) is 6.61 Å². The summed E-state index contributed by atoms with van der Waals surface area (Å²) in [7, 11) is 0. The molecule has 0 spiro atoms. The lowest BCUT2D eigenvalue weighted by Crippen LogP contribution is -2.36. The zero-order chi connectivity index (χ0) is 8.48. The van der Waals surface area contributed by atoms with Gasteiger partial charge in [-0.3, -0.25) is 0 Å². The summed E-state index contributed by atoms with van der Waals surface area (Å²) < 4.78 is 0.657. The Hall–Kier alpha value is -0.0900. The van der Waals surface area contributed by atoms with E-state index in [2.05, 4.69) is 0 Å². The lowest BCUT2D eigenvalue weighted by molar-refractivity contribution is 0.210. The van der Waals surface area contributed by atoms with Gasteiger partial charge in [0.2, 0.25) is 0 Å². The summed E-state index contributed by atoms with van der Waals surface area (Å²) in [4.78, 5) is 0. The Morgan fingerprint density at radius 1 is 1.82 bits per heavy atom. The maximum absolute atomic E-state index is 8.91. The van der Waals surface area contributed by atoms with E-state index in [-0.39, 0.29) is 6.61 Å². The van der Waals surface area contributed by atoms with Crippen molar-refractivity contribution in [3.63, 3.8) is 0 Å². The van der Waals surface area contributed by atoms with E-state index in [1.54, 1.807) is 6.92 Å². The number of thiophene rings is 1. The van der Waals surface area contributed by atoms with Gasteiger partial charge in [-0.15, -0.1) is 11.3 Å². The second-order valence-corrected chi connectivity index (χ2v) is 4.20. The van der Waals surface area contributed by atoms with Crippen molar-refractivity contribution in [2.45, 2.75) is 12.5 Å². The number of aliphatic hydroxyl groups is 1. The first kappa shape index (κ1) is 9.00. The Kier molecular flexibility index (Phi) is 2.54. The van der Waals surface area contributed by atoms with Crippen molar-refractivity contribution in [3.8, 4) is 0 Å². The van der Waals surface area contributed by atoms with Crippen LogP contribution in [0, 0.1) is 0 Å². The Labute approximate surface area is 74.6 Å². The zero-order valence-electron chi connectivity index (χ0n) is 6.17. The average Bonchev–Trinajstić information content (AvgIpc) is 2.36. The van der Waals surface area contributed by atoms with E-state index in [0.29, 0.717) is 4.34 Å². The quantitative estimate of drug-likeness (QED) is 0.746. The second kappa shape index (κ2) is 3.11. The molecule has 11 heavy (non-hydrogen) atoms. The summed E-state index contributed by atoms with van der Waals surface area (Å²) in [6.07, 6.45) is 0. The first-order valence-electron chi connectivity index (χ1n) is 3.21. The Morgan fingerprint density at radius 2 is 2.45 bits per heavy atom.